The summed E-state index contributed by atoms with van der Waals surface area (Å²) in [7, 11) is -3.70. The maximum Gasteiger partial charge on any atom is 0.247 e. The molecule has 2 aromatic rings. The van der Waals surface area contributed by atoms with Crippen molar-refractivity contribution in [1.29, 1.82) is 0 Å². The molecule has 2 aromatic carbocycles. The van der Waals surface area contributed by atoms with Crippen LogP contribution in [0.5, 0.6) is 0 Å². The van der Waals surface area contributed by atoms with E-state index in [9.17, 15) is 18.0 Å². The van der Waals surface area contributed by atoms with E-state index in [1.165, 1.54) is 6.07 Å². The van der Waals surface area contributed by atoms with Crippen LogP contribution in [-0.4, -0.2) is 31.8 Å². The number of hydrogen-bond acceptors (Lipinski definition) is 4. The van der Waals surface area contributed by atoms with Crippen molar-refractivity contribution in [3.63, 3.8) is 0 Å². The second-order valence-electron chi connectivity index (χ2n) is 10.4. The highest BCUT2D eigenvalue weighted by molar-refractivity contribution is 7.89. The molecule has 190 valence electrons. The lowest BCUT2D eigenvalue weighted by Crippen LogP contribution is -2.47. The Morgan fingerprint density at radius 1 is 1.00 bits per heavy atom. The molecule has 1 atom stereocenters. The lowest BCUT2D eigenvalue weighted by Gasteiger charge is -2.25. The fourth-order valence-electron chi connectivity index (χ4n) is 4.43. The van der Waals surface area contributed by atoms with Crippen molar-refractivity contribution < 1.29 is 18.0 Å². The first-order chi connectivity index (χ1) is 16.4. The topological polar surface area (TPSA) is 104 Å². The average molecular weight is 500 g/mol. The van der Waals surface area contributed by atoms with Gasteiger partial charge in [0, 0.05) is 23.6 Å². The summed E-state index contributed by atoms with van der Waals surface area (Å²) < 4.78 is 28.1. The fourth-order valence-corrected chi connectivity index (χ4v) is 6.08. The van der Waals surface area contributed by atoms with Gasteiger partial charge in [0.2, 0.25) is 21.8 Å². The summed E-state index contributed by atoms with van der Waals surface area (Å²) in [6, 6.07) is 13.5. The van der Waals surface area contributed by atoms with E-state index in [0.29, 0.717) is 17.7 Å². The number of benzene rings is 2. The second kappa shape index (κ2) is 11.4. The molecule has 0 bridgehead atoms. The second-order valence-corrected chi connectivity index (χ2v) is 12.1. The van der Waals surface area contributed by atoms with Crippen LogP contribution in [0.2, 0.25) is 0 Å². The summed E-state index contributed by atoms with van der Waals surface area (Å²) in [4.78, 5) is 26.3. The van der Waals surface area contributed by atoms with Gasteiger partial charge >= 0.3 is 0 Å². The van der Waals surface area contributed by atoms with Gasteiger partial charge in [-0.15, -0.1) is 0 Å². The zero-order valence-corrected chi connectivity index (χ0v) is 21.9. The van der Waals surface area contributed by atoms with Gasteiger partial charge < -0.3 is 10.6 Å². The van der Waals surface area contributed by atoms with Crippen LogP contribution in [0.1, 0.15) is 64.0 Å². The minimum Gasteiger partial charge on any atom is -0.344 e. The molecule has 7 nitrogen and oxygen atoms in total. The molecule has 1 fully saturated rings. The number of hydrogen-bond donors (Lipinski definition) is 3. The highest BCUT2D eigenvalue weighted by Crippen LogP contribution is 2.24. The first-order valence-corrected chi connectivity index (χ1v) is 13.7. The van der Waals surface area contributed by atoms with Crippen molar-refractivity contribution in [2.24, 2.45) is 5.92 Å². The smallest absolute Gasteiger partial charge is 0.247 e. The predicted octanol–water partition coefficient (Wildman–Crippen LogP) is 4.32. The number of sulfonamides is 1. The molecule has 0 aliphatic heterocycles. The Kier molecular flexibility index (Phi) is 8.72. The van der Waals surface area contributed by atoms with E-state index in [1.807, 2.05) is 30.3 Å². The van der Waals surface area contributed by atoms with Crippen molar-refractivity contribution >= 4 is 27.5 Å². The lowest BCUT2D eigenvalue weighted by molar-refractivity contribution is -0.130. The number of aryl methyl sites for hydroxylation is 1. The van der Waals surface area contributed by atoms with Gasteiger partial charge in [0.25, 0.3) is 0 Å². The molecule has 0 radical (unpaired) electrons. The quantitative estimate of drug-likeness (QED) is 0.503. The van der Waals surface area contributed by atoms with Crippen LogP contribution in [0, 0.1) is 12.8 Å². The molecule has 1 unspecified atom stereocenters. The van der Waals surface area contributed by atoms with Crippen LogP contribution in [0.4, 0.5) is 5.69 Å². The number of anilines is 1. The van der Waals surface area contributed by atoms with E-state index in [1.54, 1.807) is 39.8 Å². The Bertz CT molecular complexity index is 1130. The Hall–Kier alpha value is -2.71. The van der Waals surface area contributed by atoms with Crippen molar-refractivity contribution in [2.75, 3.05) is 5.32 Å². The Balaban J connectivity index is 1.77. The van der Waals surface area contributed by atoms with Gasteiger partial charge in [-0.05, 0) is 69.9 Å². The van der Waals surface area contributed by atoms with Gasteiger partial charge in [-0.3, -0.25) is 9.59 Å². The standard InChI is InChI=1S/C27H37N3O4S/c1-19-17-22(15-16-24(19)35(33,34)30-27(2,3)4)28-26(32)23(18-20-11-7-5-8-12-20)29-25(31)21-13-9-6-10-14-21/h5,7-8,11-12,15-17,21,23,30H,6,9-10,13-14,18H2,1-4H3,(H,28,32)(H,29,31). The summed E-state index contributed by atoms with van der Waals surface area (Å²) in [6.45, 7) is 7.04. The number of carbonyl (C=O) groups is 2. The van der Waals surface area contributed by atoms with Crippen LogP contribution in [0.3, 0.4) is 0 Å². The number of amides is 2. The monoisotopic (exact) mass is 499 g/mol. The van der Waals surface area contributed by atoms with E-state index < -0.39 is 21.6 Å². The van der Waals surface area contributed by atoms with E-state index in [4.69, 9.17) is 0 Å². The van der Waals surface area contributed by atoms with Gasteiger partial charge in [0.05, 0.1) is 4.90 Å². The van der Waals surface area contributed by atoms with Crippen LogP contribution in [0.15, 0.2) is 53.4 Å². The van der Waals surface area contributed by atoms with E-state index >= 15 is 0 Å². The van der Waals surface area contributed by atoms with E-state index in [0.717, 1.165) is 37.7 Å². The Morgan fingerprint density at radius 2 is 1.66 bits per heavy atom. The zero-order valence-electron chi connectivity index (χ0n) is 21.1. The first kappa shape index (κ1) is 26.9. The van der Waals surface area contributed by atoms with Crippen LogP contribution < -0.4 is 15.4 Å². The maximum atomic E-state index is 13.3. The third-order valence-electron chi connectivity index (χ3n) is 6.06. The molecule has 0 spiro atoms. The Labute approximate surface area is 209 Å². The van der Waals surface area contributed by atoms with Gasteiger partial charge in [-0.25, -0.2) is 13.1 Å². The zero-order chi connectivity index (χ0) is 25.6. The highest BCUT2D eigenvalue weighted by atomic mass is 32.2. The molecule has 8 heteroatoms. The van der Waals surface area contributed by atoms with Crippen molar-refractivity contribution in [3.05, 3.63) is 59.7 Å². The van der Waals surface area contributed by atoms with Crippen LogP contribution in [0.25, 0.3) is 0 Å². The SMILES string of the molecule is Cc1cc(NC(=O)C(Cc2ccccc2)NC(=O)C2CCCCC2)ccc1S(=O)(=O)NC(C)(C)C. The van der Waals surface area contributed by atoms with Gasteiger partial charge in [-0.2, -0.15) is 0 Å². The summed E-state index contributed by atoms with van der Waals surface area (Å²) >= 11 is 0. The molecule has 0 heterocycles. The van der Waals surface area contributed by atoms with Crippen LogP contribution >= 0.6 is 0 Å². The molecule has 3 N–H and O–H groups in total. The maximum absolute atomic E-state index is 13.3. The minimum absolute atomic E-state index is 0.0584. The first-order valence-electron chi connectivity index (χ1n) is 12.2. The largest absolute Gasteiger partial charge is 0.344 e. The van der Waals surface area contributed by atoms with Gasteiger partial charge in [0.15, 0.2) is 0 Å². The van der Waals surface area contributed by atoms with E-state index in [2.05, 4.69) is 15.4 Å². The molecule has 0 aromatic heterocycles. The molecular formula is C27H37N3O4S. The molecule has 2 amide bonds. The molecular weight excluding hydrogens is 462 g/mol. The molecule has 1 saturated carbocycles. The van der Waals surface area contributed by atoms with Crippen LogP contribution in [-0.2, 0) is 26.0 Å². The molecule has 35 heavy (non-hydrogen) atoms. The Morgan fingerprint density at radius 3 is 2.26 bits per heavy atom. The van der Waals surface area contributed by atoms with Crippen molar-refractivity contribution in [3.8, 4) is 0 Å². The van der Waals surface area contributed by atoms with Crippen molar-refractivity contribution in [1.82, 2.24) is 10.0 Å². The number of nitrogens with one attached hydrogen (secondary N) is 3. The minimum atomic E-state index is -3.70. The third kappa shape index (κ3) is 7.90. The lowest BCUT2D eigenvalue weighted by atomic mass is 9.88. The van der Waals surface area contributed by atoms with Gasteiger partial charge in [0.1, 0.15) is 6.04 Å². The molecule has 1 aliphatic rings. The summed E-state index contributed by atoms with van der Waals surface area (Å²) in [5.41, 5.74) is 1.33. The summed E-state index contributed by atoms with van der Waals surface area (Å²) in [6.07, 6.45) is 5.28. The molecule has 1 aliphatic carbocycles. The fraction of sp³-hybridized carbons (Fsp3) is 0.481. The number of rotatable bonds is 8. The van der Waals surface area contributed by atoms with Crippen molar-refractivity contribution in [2.45, 2.75) is 82.7 Å². The highest BCUT2D eigenvalue weighted by Gasteiger charge is 2.28. The van der Waals surface area contributed by atoms with E-state index in [-0.39, 0.29) is 22.6 Å². The molecule has 0 saturated heterocycles. The third-order valence-corrected chi connectivity index (χ3v) is 7.98. The summed E-state index contributed by atoms with van der Waals surface area (Å²) in [5.74, 6) is -0.468. The predicted molar refractivity (Wildman–Crippen MR) is 139 cm³/mol. The normalized spacial score (nSPS) is 15.9. The average Bonchev–Trinajstić information content (AvgIpc) is 2.78. The van der Waals surface area contributed by atoms with Gasteiger partial charge in [-0.1, -0.05) is 49.6 Å². The number of carbonyl (C=O) groups excluding carboxylic acids is 2. The summed E-state index contributed by atoms with van der Waals surface area (Å²) in [5, 5.41) is 5.84. The molecule has 3 rings (SSSR count).